The SMILES string of the molecule is CC/C=C\C/C=C\C/C=C\C/C=C\C/C=C\CCCCCCCCCCCCCCCCCCCCCC(=O)OCC(O)COP(=O)(O)OCC(O)COP(=O)(O)OCC(COC(=O)CCCCC/C=C\C/C=C\C/C=C\C/C=C\C/C=C\CC)OC(=O)CCCCCCC/C=C\C/C=C\C/C=C\CC. The van der Waals surface area contributed by atoms with E-state index in [1.54, 1.807) is 0 Å². The molecule has 600 valence electrons. The molecule has 5 unspecified atom stereocenters. The highest BCUT2D eigenvalue weighted by atomic mass is 31.2. The fourth-order valence-corrected chi connectivity index (χ4v) is 12.2. The summed E-state index contributed by atoms with van der Waals surface area (Å²) in [4.78, 5) is 58.6. The third-order valence-electron chi connectivity index (χ3n) is 16.7. The fourth-order valence-electron chi connectivity index (χ4n) is 10.6. The van der Waals surface area contributed by atoms with E-state index in [1.807, 2.05) is 0 Å². The molecule has 0 radical (unpaired) electrons. The van der Waals surface area contributed by atoms with Crippen molar-refractivity contribution in [2.45, 2.75) is 334 Å². The summed E-state index contributed by atoms with van der Waals surface area (Å²) in [6.07, 6.45) is 98.9. The number of carbonyl (C=O) groups excluding carboxylic acids is 3. The molecule has 0 aromatic carbocycles. The largest absolute Gasteiger partial charge is 0.472 e. The van der Waals surface area contributed by atoms with Crippen LogP contribution in [0.2, 0.25) is 0 Å². The third kappa shape index (κ3) is 80.0. The van der Waals surface area contributed by atoms with Crippen LogP contribution in [0.1, 0.15) is 316 Å². The normalized spacial score (nSPS) is 14.8. The van der Waals surface area contributed by atoms with Gasteiger partial charge < -0.3 is 34.2 Å². The van der Waals surface area contributed by atoms with Crippen molar-refractivity contribution < 1.29 is 75.8 Å². The second-order valence-corrected chi connectivity index (χ2v) is 29.7. The second kappa shape index (κ2) is 78.7. The second-order valence-electron chi connectivity index (χ2n) is 26.8. The number of ether oxygens (including phenoxy) is 3. The van der Waals surface area contributed by atoms with Gasteiger partial charge in [0.2, 0.25) is 0 Å². The van der Waals surface area contributed by atoms with Crippen LogP contribution in [0.25, 0.3) is 0 Å². The zero-order chi connectivity index (χ0) is 76.6. The van der Waals surface area contributed by atoms with Gasteiger partial charge in [0.15, 0.2) is 6.10 Å². The van der Waals surface area contributed by atoms with E-state index < -0.39 is 91.5 Å². The first kappa shape index (κ1) is 100. The van der Waals surface area contributed by atoms with Gasteiger partial charge in [-0.2, -0.15) is 0 Å². The number of phosphoric ester groups is 2. The zero-order valence-electron chi connectivity index (χ0n) is 65.6. The summed E-state index contributed by atoms with van der Waals surface area (Å²) < 4.78 is 61.1. The highest BCUT2D eigenvalue weighted by Gasteiger charge is 2.29. The number of unbranched alkanes of at least 4 members (excludes halogenated alkanes) is 27. The van der Waals surface area contributed by atoms with E-state index >= 15 is 0 Å². The van der Waals surface area contributed by atoms with Gasteiger partial charge in [-0.1, -0.05) is 314 Å². The maximum Gasteiger partial charge on any atom is 0.472 e. The maximum absolute atomic E-state index is 12.9. The van der Waals surface area contributed by atoms with E-state index in [-0.39, 0.29) is 19.3 Å². The number of phosphoric acid groups is 2. The van der Waals surface area contributed by atoms with Gasteiger partial charge >= 0.3 is 33.6 Å². The van der Waals surface area contributed by atoms with Crippen molar-refractivity contribution in [2.75, 3.05) is 39.6 Å². The lowest BCUT2D eigenvalue weighted by Crippen LogP contribution is -2.30. The molecule has 0 aliphatic carbocycles. The van der Waals surface area contributed by atoms with Crippen LogP contribution in [0.4, 0.5) is 0 Å². The molecule has 16 nitrogen and oxygen atoms in total. The molecule has 0 bridgehead atoms. The first-order valence-corrected chi connectivity index (χ1v) is 43.8. The molecule has 0 aliphatic heterocycles. The van der Waals surface area contributed by atoms with Crippen LogP contribution in [0.5, 0.6) is 0 Å². The Labute approximate surface area is 638 Å². The summed E-state index contributed by atoms with van der Waals surface area (Å²) in [7, 11) is -9.81. The molecule has 0 saturated carbocycles. The number of aliphatic hydroxyl groups is 2. The summed E-state index contributed by atoms with van der Waals surface area (Å²) in [5, 5.41) is 20.6. The average molecular weight is 1510 g/mol. The number of carbonyl (C=O) groups is 3. The highest BCUT2D eigenvalue weighted by Crippen LogP contribution is 2.45. The third-order valence-corrected chi connectivity index (χ3v) is 18.6. The molecule has 18 heteroatoms. The molecule has 0 heterocycles. The van der Waals surface area contributed by atoms with Crippen molar-refractivity contribution in [1.29, 1.82) is 0 Å². The van der Waals surface area contributed by atoms with Crippen molar-refractivity contribution in [3.8, 4) is 0 Å². The lowest BCUT2D eigenvalue weighted by atomic mass is 10.0. The van der Waals surface area contributed by atoms with Crippen molar-refractivity contribution in [3.63, 3.8) is 0 Å². The summed E-state index contributed by atoms with van der Waals surface area (Å²) in [6, 6.07) is 0. The van der Waals surface area contributed by atoms with E-state index in [9.17, 15) is 43.5 Å². The van der Waals surface area contributed by atoms with Crippen LogP contribution < -0.4 is 0 Å². The Morgan fingerprint density at radius 1 is 0.267 bits per heavy atom. The molecular formula is C87H146O16P2. The average Bonchev–Trinajstić information content (AvgIpc) is 0.942. The Hall–Kier alpha value is -4.83. The van der Waals surface area contributed by atoms with Gasteiger partial charge in [-0.25, -0.2) is 9.13 Å². The van der Waals surface area contributed by atoms with Crippen LogP contribution in [-0.2, 0) is 55.8 Å². The molecule has 0 rings (SSSR count). The van der Waals surface area contributed by atoms with E-state index in [0.717, 1.165) is 154 Å². The van der Waals surface area contributed by atoms with Gasteiger partial charge in [-0.3, -0.25) is 32.5 Å². The number of aliphatic hydroxyl groups excluding tert-OH is 2. The van der Waals surface area contributed by atoms with Gasteiger partial charge in [0.1, 0.15) is 25.4 Å². The quantitative estimate of drug-likeness (QED) is 0.0146. The summed E-state index contributed by atoms with van der Waals surface area (Å²) in [5.74, 6) is -1.63. The Bertz CT molecular complexity index is 2540. The Morgan fingerprint density at radius 3 is 0.762 bits per heavy atom. The Balaban J connectivity index is 4.43. The molecule has 4 N–H and O–H groups in total. The standard InChI is InChI=1S/C87H146O16P2/c1-4-7-10-13-16-19-22-25-28-30-32-33-34-35-36-37-38-39-40-41-42-43-44-45-46-47-49-51-53-55-58-61-64-67-70-73-85(90)97-76-82(88)77-99-104(93,94)100-78-83(89)79-101-105(95,96)102-81-84(103-87(92)75-72-69-66-63-60-57-52-27-24-21-18-15-12-9-6-3)80-98-86(91)74-71-68-65-62-59-56-54-50-48-31-29-26-23-20-17-14-11-8-5-2/h7-12,16-21,25-29,32-33,35-36,48,50,52,56,59,82-84,88-89H,4-6,13-15,22-24,30-31,34,37-47,49,51,53-55,57-58,60-81H2,1-3H3,(H,93,94)(H,95,96)/b10-7-,11-8-,12-9-,19-16-,20-17-,21-18-,28-25-,29-26-,33-32-,36-35-,50-48-,52-27-,59-56-. The molecule has 0 fully saturated rings. The Kier molecular flexibility index (Phi) is 75.1. The molecule has 0 amide bonds. The topological polar surface area (TPSA) is 231 Å². The number of esters is 3. The van der Waals surface area contributed by atoms with Crippen molar-refractivity contribution in [3.05, 3.63) is 158 Å². The molecule has 0 spiro atoms. The lowest BCUT2D eigenvalue weighted by molar-refractivity contribution is -0.161. The zero-order valence-corrected chi connectivity index (χ0v) is 67.4. The van der Waals surface area contributed by atoms with Crippen molar-refractivity contribution in [1.82, 2.24) is 0 Å². The minimum Gasteiger partial charge on any atom is -0.463 e. The molecule has 105 heavy (non-hydrogen) atoms. The van der Waals surface area contributed by atoms with E-state index in [0.29, 0.717) is 19.3 Å². The number of hydrogen-bond donors (Lipinski definition) is 4. The molecule has 0 aromatic heterocycles. The van der Waals surface area contributed by atoms with Crippen LogP contribution >= 0.6 is 15.6 Å². The van der Waals surface area contributed by atoms with Crippen molar-refractivity contribution in [2.24, 2.45) is 0 Å². The fraction of sp³-hybridized carbons (Fsp3) is 0.667. The lowest BCUT2D eigenvalue weighted by Gasteiger charge is -2.21. The number of allylic oxidation sites excluding steroid dienone is 26. The van der Waals surface area contributed by atoms with Crippen LogP contribution in [0.15, 0.2) is 158 Å². The first-order chi connectivity index (χ1) is 51.2. The van der Waals surface area contributed by atoms with Crippen molar-refractivity contribution >= 4 is 33.6 Å². The molecular weight excluding hydrogens is 1360 g/mol. The van der Waals surface area contributed by atoms with Crippen LogP contribution in [-0.4, -0.2) is 95.9 Å². The van der Waals surface area contributed by atoms with Crippen LogP contribution in [0.3, 0.4) is 0 Å². The van der Waals surface area contributed by atoms with Gasteiger partial charge in [-0.15, -0.1) is 0 Å². The summed E-state index contributed by atoms with van der Waals surface area (Å²) in [5.41, 5.74) is 0. The smallest absolute Gasteiger partial charge is 0.463 e. The number of hydrogen-bond acceptors (Lipinski definition) is 14. The van der Waals surface area contributed by atoms with Gasteiger partial charge in [0, 0.05) is 19.3 Å². The van der Waals surface area contributed by atoms with E-state index in [4.69, 9.17) is 32.3 Å². The summed E-state index contributed by atoms with van der Waals surface area (Å²) in [6.45, 7) is 2.28. The Morgan fingerprint density at radius 2 is 0.476 bits per heavy atom. The first-order valence-electron chi connectivity index (χ1n) is 40.8. The minimum atomic E-state index is -4.95. The molecule has 0 saturated heterocycles. The highest BCUT2D eigenvalue weighted by molar-refractivity contribution is 7.47. The molecule has 5 atom stereocenters. The monoisotopic (exact) mass is 1510 g/mol. The van der Waals surface area contributed by atoms with Crippen LogP contribution in [0, 0.1) is 0 Å². The molecule has 0 aromatic rings. The van der Waals surface area contributed by atoms with Gasteiger partial charge in [-0.05, 0) is 141 Å². The predicted octanol–water partition coefficient (Wildman–Crippen LogP) is 24.2. The van der Waals surface area contributed by atoms with Gasteiger partial charge in [0.05, 0.1) is 26.4 Å². The number of rotatable bonds is 76. The summed E-state index contributed by atoms with van der Waals surface area (Å²) >= 11 is 0. The van der Waals surface area contributed by atoms with Gasteiger partial charge in [0.25, 0.3) is 0 Å². The minimum absolute atomic E-state index is 0.0733. The molecule has 0 aliphatic rings. The van der Waals surface area contributed by atoms with E-state index in [2.05, 4.69) is 179 Å². The maximum atomic E-state index is 12.9. The van der Waals surface area contributed by atoms with E-state index in [1.165, 1.54) is 103 Å². The predicted molar refractivity (Wildman–Crippen MR) is 435 cm³/mol.